The van der Waals surface area contributed by atoms with Crippen molar-refractivity contribution in [1.82, 2.24) is 25.4 Å². The Kier molecular flexibility index (Phi) is 4.96. The maximum atomic E-state index is 12.4. The van der Waals surface area contributed by atoms with Gasteiger partial charge in [0, 0.05) is 18.7 Å². The molecule has 0 radical (unpaired) electrons. The number of hydrogen-bond acceptors (Lipinski definition) is 7. The van der Waals surface area contributed by atoms with Crippen LogP contribution in [0.25, 0.3) is 15.9 Å². The highest BCUT2D eigenvalue weighted by Crippen LogP contribution is 2.42. The van der Waals surface area contributed by atoms with Crippen molar-refractivity contribution in [3.8, 4) is 0 Å². The summed E-state index contributed by atoms with van der Waals surface area (Å²) in [5, 5.41) is 15.2. The van der Waals surface area contributed by atoms with Crippen LogP contribution in [0.3, 0.4) is 0 Å². The van der Waals surface area contributed by atoms with E-state index in [2.05, 4.69) is 25.4 Å². The Morgan fingerprint density at radius 1 is 1.30 bits per heavy atom. The molecule has 0 fully saturated rings. The summed E-state index contributed by atoms with van der Waals surface area (Å²) >= 11 is 0. The summed E-state index contributed by atoms with van der Waals surface area (Å²) in [6.45, 7) is 14.5. The second kappa shape index (κ2) is 7.85. The maximum absolute atomic E-state index is 12.4. The SMILES string of the molecule is [C-]#[N+]C1C(C2=CCN(C(=O)OC(C)(C)C)CC2)=Nc2[nH]ncc2C1c1cccc2nonc12. The van der Waals surface area contributed by atoms with Gasteiger partial charge in [-0.2, -0.15) is 5.10 Å². The van der Waals surface area contributed by atoms with Crippen LogP contribution in [0.4, 0.5) is 10.6 Å². The van der Waals surface area contributed by atoms with Gasteiger partial charge in [0.1, 0.15) is 22.3 Å². The number of amides is 1. The van der Waals surface area contributed by atoms with E-state index in [4.69, 9.17) is 20.9 Å². The smallest absolute Gasteiger partial charge is 0.410 e. The molecule has 5 rings (SSSR count). The van der Waals surface area contributed by atoms with Crippen molar-refractivity contribution >= 4 is 28.7 Å². The number of benzene rings is 1. The predicted molar refractivity (Wildman–Crippen MR) is 120 cm³/mol. The molecule has 10 nitrogen and oxygen atoms in total. The van der Waals surface area contributed by atoms with Gasteiger partial charge in [-0.3, -0.25) is 5.10 Å². The zero-order valence-electron chi connectivity index (χ0n) is 18.6. The average Bonchev–Trinajstić information content (AvgIpc) is 3.46. The molecule has 0 saturated carbocycles. The van der Waals surface area contributed by atoms with Crippen molar-refractivity contribution in [1.29, 1.82) is 0 Å². The molecule has 2 unspecified atom stereocenters. The normalized spacial score (nSPS) is 20.6. The largest absolute Gasteiger partial charge is 0.444 e. The molecule has 33 heavy (non-hydrogen) atoms. The van der Waals surface area contributed by atoms with Crippen LogP contribution < -0.4 is 0 Å². The van der Waals surface area contributed by atoms with Gasteiger partial charge in [0.25, 0.3) is 6.04 Å². The molecular formula is C23H23N7O3. The van der Waals surface area contributed by atoms with Gasteiger partial charge in [0.2, 0.25) is 0 Å². The maximum Gasteiger partial charge on any atom is 0.410 e. The number of H-pyrrole nitrogens is 1. The van der Waals surface area contributed by atoms with Crippen LogP contribution >= 0.6 is 0 Å². The van der Waals surface area contributed by atoms with Crippen LogP contribution in [0, 0.1) is 6.57 Å². The number of rotatable bonds is 2. The highest BCUT2D eigenvalue weighted by molar-refractivity contribution is 6.09. The molecule has 168 valence electrons. The highest BCUT2D eigenvalue weighted by Gasteiger charge is 2.43. The van der Waals surface area contributed by atoms with Crippen LogP contribution in [0.15, 0.2) is 45.7 Å². The first-order valence-corrected chi connectivity index (χ1v) is 10.7. The molecule has 0 spiro atoms. The minimum atomic E-state index is -0.572. The number of ether oxygens (including phenoxy) is 1. The Morgan fingerprint density at radius 2 is 2.15 bits per heavy atom. The monoisotopic (exact) mass is 445 g/mol. The molecule has 4 heterocycles. The molecule has 10 heteroatoms. The lowest BCUT2D eigenvalue weighted by atomic mass is 9.79. The number of aromatic nitrogens is 4. The van der Waals surface area contributed by atoms with E-state index in [9.17, 15) is 4.79 Å². The van der Waals surface area contributed by atoms with Crippen molar-refractivity contribution in [2.75, 3.05) is 13.1 Å². The van der Waals surface area contributed by atoms with E-state index in [0.717, 1.165) is 16.7 Å². The third-order valence-corrected chi connectivity index (χ3v) is 5.79. The first-order chi connectivity index (χ1) is 15.9. The predicted octanol–water partition coefficient (Wildman–Crippen LogP) is 4.02. The number of aromatic amines is 1. The molecule has 1 aromatic carbocycles. The van der Waals surface area contributed by atoms with Crippen molar-refractivity contribution in [3.63, 3.8) is 0 Å². The van der Waals surface area contributed by atoms with E-state index in [1.807, 2.05) is 45.0 Å². The quantitative estimate of drug-likeness (QED) is 0.596. The van der Waals surface area contributed by atoms with E-state index in [0.29, 0.717) is 42.1 Å². The Hall–Kier alpha value is -4.00. The van der Waals surface area contributed by atoms with Gasteiger partial charge in [-0.05, 0) is 54.7 Å². The molecule has 2 atom stereocenters. The topological polar surface area (TPSA) is 114 Å². The number of hydrogen-bond donors (Lipinski definition) is 1. The summed E-state index contributed by atoms with van der Waals surface area (Å²) in [4.78, 5) is 22.9. The second-order valence-corrected chi connectivity index (χ2v) is 9.11. The Labute approximate surface area is 190 Å². The molecule has 0 saturated heterocycles. The Balaban J connectivity index is 1.50. The minimum Gasteiger partial charge on any atom is -0.444 e. The molecule has 3 aromatic rings. The number of carbonyl (C=O) groups excluding carboxylic acids is 1. The van der Waals surface area contributed by atoms with Crippen molar-refractivity contribution < 1.29 is 14.2 Å². The van der Waals surface area contributed by atoms with Gasteiger partial charge in [-0.1, -0.05) is 18.2 Å². The van der Waals surface area contributed by atoms with Gasteiger partial charge in [-0.25, -0.2) is 21.0 Å². The molecule has 2 aromatic heterocycles. The summed E-state index contributed by atoms with van der Waals surface area (Å²) in [6.07, 6.45) is 3.91. The lowest BCUT2D eigenvalue weighted by molar-refractivity contribution is 0.0267. The number of aliphatic imine (C=N–C) groups is 1. The lowest BCUT2D eigenvalue weighted by Crippen LogP contribution is -2.41. The van der Waals surface area contributed by atoms with Crippen LogP contribution in [0.5, 0.6) is 0 Å². The fourth-order valence-electron chi connectivity index (χ4n) is 4.33. The third-order valence-electron chi connectivity index (χ3n) is 5.79. The van der Waals surface area contributed by atoms with Crippen LogP contribution in [-0.4, -0.2) is 61.9 Å². The van der Waals surface area contributed by atoms with Gasteiger partial charge in [0.05, 0.1) is 12.1 Å². The van der Waals surface area contributed by atoms with Crippen molar-refractivity contribution in [3.05, 3.63) is 58.6 Å². The average molecular weight is 445 g/mol. The fourth-order valence-corrected chi connectivity index (χ4v) is 4.33. The van der Waals surface area contributed by atoms with Crippen molar-refractivity contribution in [2.45, 2.75) is 44.8 Å². The van der Waals surface area contributed by atoms with Crippen LogP contribution in [0.2, 0.25) is 0 Å². The van der Waals surface area contributed by atoms with E-state index in [1.54, 1.807) is 11.1 Å². The first-order valence-electron chi connectivity index (χ1n) is 10.7. The molecule has 2 aliphatic rings. The number of nitrogens with zero attached hydrogens (tertiary/aromatic N) is 6. The molecule has 2 aliphatic heterocycles. The summed E-state index contributed by atoms with van der Waals surface area (Å²) in [5.41, 5.74) is 4.02. The van der Waals surface area contributed by atoms with Crippen LogP contribution in [-0.2, 0) is 4.74 Å². The standard InChI is InChI=1S/C23H23N7O3/c1-23(2,3)32-22(31)30-10-8-13(9-11-30)18-20(24-4)17(15-12-25-27-21(15)26-18)14-6-5-7-16-19(14)29-33-28-16/h5-8,12,17,20H,9-11H2,1-3H3,(H,25,27). The highest BCUT2D eigenvalue weighted by atomic mass is 16.6. The van der Waals surface area contributed by atoms with Crippen LogP contribution in [0.1, 0.15) is 44.2 Å². The van der Waals surface area contributed by atoms with E-state index in [-0.39, 0.29) is 12.0 Å². The second-order valence-electron chi connectivity index (χ2n) is 9.11. The number of fused-ring (bicyclic) bond motifs is 2. The zero-order valence-corrected chi connectivity index (χ0v) is 18.6. The van der Waals surface area contributed by atoms with Gasteiger partial charge in [0.15, 0.2) is 5.82 Å². The first kappa shape index (κ1) is 20.9. The third kappa shape index (κ3) is 3.75. The summed E-state index contributed by atoms with van der Waals surface area (Å²) in [5.74, 6) is 0.294. The summed E-state index contributed by atoms with van der Waals surface area (Å²) < 4.78 is 10.4. The molecular weight excluding hydrogens is 422 g/mol. The Bertz CT molecular complexity index is 1320. The fraction of sp³-hybridized carbons (Fsp3) is 0.391. The molecule has 1 N–H and O–H groups in total. The van der Waals surface area contributed by atoms with Crippen molar-refractivity contribution in [2.24, 2.45) is 4.99 Å². The Morgan fingerprint density at radius 3 is 2.88 bits per heavy atom. The van der Waals surface area contributed by atoms with Gasteiger partial charge < -0.3 is 14.5 Å². The van der Waals surface area contributed by atoms with E-state index < -0.39 is 11.6 Å². The zero-order chi connectivity index (χ0) is 23.2. The van der Waals surface area contributed by atoms with Gasteiger partial charge >= 0.3 is 6.09 Å². The lowest BCUT2D eigenvalue weighted by Gasteiger charge is -2.31. The van der Waals surface area contributed by atoms with Gasteiger partial charge in [-0.15, -0.1) is 0 Å². The molecule has 0 aliphatic carbocycles. The number of nitrogens with one attached hydrogen (secondary N) is 1. The minimum absolute atomic E-state index is 0.330. The molecule has 1 amide bonds. The summed E-state index contributed by atoms with van der Waals surface area (Å²) in [7, 11) is 0. The summed E-state index contributed by atoms with van der Waals surface area (Å²) in [6, 6.07) is 5.07. The van der Waals surface area contributed by atoms with E-state index >= 15 is 0 Å². The number of carbonyl (C=O) groups is 1. The molecule has 0 bridgehead atoms. The van der Waals surface area contributed by atoms with E-state index in [1.165, 1.54) is 0 Å².